The Labute approximate surface area is 123 Å². The van der Waals surface area contributed by atoms with Gasteiger partial charge in [0.2, 0.25) is 0 Å². The van der Waals surface area contributed by atoms with Gasteiger partial charge in [0.05, 0.1) is 12.2 Å². The van der Waals surface area contributed by atoms with E-state index in [0.29, 0.717) is 18.0 Å². The highest BCUT2D eigenvalue weighted by Gasteiger charge is 2.34. The SMILES string of the molecule is C#CCCOc1ccc(CNCC(C)C)cc1C(F)(F)F. The summed E-state index contributed by atoms with van der Waals surface area (Å²) in [5.74, 6) is 2.60. The Kier molecular flexibility index (Phi) is 6.57. The summed E-state index contributed by atoms with van der Waals surface area (Å²) in [5.41, 5.74) is -0.185. The molecule has 0 amide bonds. The van der Waals surface area contributed by atoms with Crippen molar-refractivity contribution < 1.29 is 17.9 Å². The lowest BCUT2D eigenvalue weighted by atomic mass is 10.1. The molecule has 0 fully saturated rings. The summed E-state index contributed by atoms with van der Waals surface area (Å²) in [4.78, 5) is 0. The molecular weight excluding hydrogens is 279 g/mol. The van der Waals surface area contributed by atoms with E-state index >= 15 is 0 Å². The molecule has 0 aliphatic heterocycles. The maximum Gasteiger partial charge on any atom is 0.419 e. The predicted octanol–water partition coefficient (Wildman–Crippen LogP) is 3.85. The average molecular weight is 299 g/mol. The first-order chi connectivity index (χ1) is 9.84. The Hall–Kier alpha value is -1.67. The van der Waals surface area contributed by atoms with Crippen LogP contribution >= 0.6 is 0 Å². The number of nitrogens with one attached hydrogen (secondary N) is 1. The molecule has 0 aliphatic rings. The second-order valence-corrected chi connectivity index (χ2v) is 5.16. The molecule has 0 aromatic heterocycles. The van der Waals surface area contributed by atoms with Crippen LogP contribution in [-0.4, -0.2) is 13.2 Å². The number of alkyl halides is 3. The van der Waals surface area contributed by atoms with Crippen molar-refractivity contribution in [1.82, 2.24) is 5.32 Å². The van der Waals surface area contributed by atoms with Crippen molar-refractivity contribution in [2.45, 2.75) is 33.0 Å². The van der Waals surface area contributed by atoms with Crippen LogP contribution in [0.1, 0.15) is 31.4 Å². The highest BCUT2D eigenvalue weighted by molar-refractivity contribution is 5.39. The zero-order valence-electron chi connectivity index (χ0n) is 12.3. The van der Waals surface area contributed by atoms with Crippen molar-refractivity contribution in [3.63, 3.8) is 0 Å². The molecule has 0 saturated carbocycles. The van der Waals surface area contributed by atoms with Crippen molar-refractivity contribution in [3.05, 3.63) is 29.3 Å². The first-order valence-electron chi connectivity index (χ1n) is 6.81. The van der Waals surface area contributed by atoms with Gasteiger partial charge in [0, 0.05) is 13.0 Å². The molecule has 0 atom stereocenters. The van der Waals surface area contributed by atoms with Crippen molar-refractivity contribution >= 4 is 0 Å². The molecule has 0 unspecified atom stereocenters. The van der Waals surface area contributed by atoms with E-state index in [0.717, 1.165) is 12.6 Å². The van der Waals surface area contributed by atoms with E-state index in [-0.39, 0.29) is 18.8 Å². The van der Waals surface area contributed by atoms with E-state index in [9.17, 15) is 13.2 Å². The molecule has 0 bridgehead atoms. The monoisotopic (exact) mass is 299 g/mol. The summed E-state index contributed by atoms with van der Waals surface area (Å²) in [6.45, 7) is 5.30. The van der Waals surface area contributed by atoms with Gasteiger partial charge in [0.1, 0.15) is 5.75 Å². The molecular formula is C16H20F3NO. The smallest absolute Gasteiger partial charge is 0.419 e. The Bertz CT molecular complexity index is 489. The molecule has 0 radical (unpaired) electrons. The molecule has 1 aromatic carbocycles. The molecule has 0 saturated heterocycles. The number of terminal acetylenes is 1. The second-order valence-electron chi connectivity index (χ2n) is 5.16. The summed E-state index contributed by atoms with van der Waals surface area (Å²) in [7, 11) is 0. The number of ether oxygens (including phenoxy) is 1. The van der Waals surface area contributed by atoms with Crippen LogP contribution in [0.2, 0.25) is 0 Å². The minimum Gasteiger partial charge on any atom is -0.492 e. The van der Waals surface area contributed by atoms with E-state index in [1.807, 2.05) is 13.8 Å². The van der Waals surface area contributed by atoms with Crippen LogP contribution in [0.4, 0.5) is 13.2 Å². The van der Waals surface area contributed by atoms with Gasteiger partial charge in [-0.3, -0.25) is 0 Å². The van der Waals surface area contributed by atoms with Gasteiger partial charge in [-0.1, -0.05) is 19.9 Å². The van der Waals surface area contributed by atoms with Crippen LogP contribution in [0.15, 0.2) is 18.2 Å². The molecule has 0 spiro atoms. The lowest BCUT2D eigenvalue weighted by Gasteiger charge is -2.15. The van der Waals surface area contributed by atoms with Crippen LogP contribution in [0.3, 0.4) is 0 Å². The van der Waals surface area contributed by atoms with Gasteiger partial charge < -0.3 is 10.1 Å². The third-order valence-electron chi connectivity index (χ3n) is 2.74. The third-order valence-corrected chi connectivity index (χ3v) is 2.74. The van der Waals surface area contributed by atoms with Crippen molar-refractivity contribution in [2.24, 2.45) is 5.92 Å². The molecule has 2 nitrogen and oxygen atoms in total. The molecule has 0 heterocycles. The first kappa shape index (κ1) is 17.4. The van der Waals surface area contributed by atoms with Gasteiger partial charge in [0.15, 0.2) is 0 Å². The normalized spacial score (nSPS) is 11.5. The van der Waals surface area contributed by atoms with Crippen LogP contribution in [-0.2, 0) is 12.7 Å². The predicted molar refractivity (Wildman–Crippen MR) is 76.9 cm³/mol. The Morgan fingerprint density at radius 2 is 2.05 bits per heavy atom. The average Bonchev–Trinajstić information content (AvgIpc) is 2.38. The molecule has 21 heavy (non-hydrogen) atoms. The van der Waals surface area contributed by atoms with Gasteiger partial charge in [-0.2, -0.15) is 13.2 Å². The van der Waals surface area contributed by atoms with E-state index in [1.54, 1.807) is 6.07 Å². The van der Waals surface area contributed by atoms with Crippen molar-refractivity contribution in [3.8, 4) is 18.1 Å². The summed E-state index contributed by atoms with van der Waals surface area (Å²) in [6.07, 6.45) is 0.887. The molecule has 5 heteroatoms. The van der Waals surface area contributed by atoms with E-state index < -0.39 is 11.7 Å². The lowest BCUT2D eigenvalue weighted by molar-refractivity contribution is -0.139. The number of hydrogen-bond donors (Lipinski definition) is 1. The highest BCUT2D eigenvalue weighted by atomic mass is 19.4. The van der Waals surface area contributed by atoms with Crippen molar-refractivity contribution in [2.75, 3.05) is 13.2 Å². The van der Waals surface area contributed by atoms with Crippen molar-refractivity contribution in [1.29, 1.82) is 0 Å². The van der Waals surface area contributed by atoms with Gasteiger partial charge in [-0.25, -0.2) is 0 Å². The van der Waals surface area contributed by atoms with Crippen LogP contribution in [0, 0.1) is 18.3 Å². The molecule has 1 N–H and O–H groups in total. The lowest BCUT2D eigenvalue weighted by Crippen LogP contribution is -2.19. The fourth-order valence-electron chi connectivity index (χ4n) is 1.76. The highest BCUT2D eigenvalue weighted by Crippen LogP contribution is 2.36. The number of halogens is 3. The largest absolute Gasteiger partial charge is 0.492 e. The maximum atomic E-state index is 13.0. The fourth-order valence-corrected chi connectivity index (χ4v) is 1.76. The Balaban J connectivity index is 2.84. The summed E-state index contributed by atoms with van der Waals surface area (Å²) >= 11 is 0. The van der Waals surface area contributed by atoms with Gasteiger partial charge in [-0.05, 0) is 30.2 Å². The molecule has 1 rings (SSSR count). The quantitative estimate of drug-likeness (QED) is 0.610. The zero-order valence-corrected chi connectivity index (χ0v) is 12.3. The molecule has 116 valence electrons. The van der Waals surface area contributed by atoms with Crippen LogP contribution < -0.4 is 10.1 Å². The van der Waals surface area contributed by atoms with E-state index in [2.05, 4.69) is 11.2 Å². The zero-order chi connectivity index (χ0) is 15.9. The molecule has 1 aromatic rings. The van der Waals surface area contributed by atoms with Crippen LogP contribution in [0.25, 0.3) is 0 Å². The first-order valence-corrected chi connectivity index (χ1v) is 6.81. The minimum atomic E-state index is -4.44. The Morgan fingerprint density at radius 3 is 2.62 bits per heavy atom. The number of rotatable bonds is 7. The topological polar surface area (TPSA) is 21.3 Å². The van der Waals surface area contributed by atoms with E-state index in [1.165, 1.54) is 6.07 Å². The summed E-state index contributed by atoms with van der Waals surface area (Å²) in [6, 6.07) is 4.11. The number of hydrogen-bond acceptors (Lipinski definition) is 2. The fraction of sp³-hybridized carbons (Fsp3) is 0.500. The number of benzene rings is 1. The summed E-state index contributed by atoms with van der Waals surface area (Å²) < 4.78 is 44.3. The second kappa shape index (κ2) is 7.94. The van der Waals surface area contributed by atoms with Gasteiger partial charge in [0.25, 0.3) is 0 Å². The standard InChI is InChI=1S/C16H20F3NO/c1-4-5-8-21-15-7-6-13(11-20-10-12(2)3)9-14(15)16(17,18)19/h1,6-7,9,12,20H,5,8,10-11H2,2-3H3. The summed E-state index contributed by atoms with van der Waals surface area (Å²) in [5, 5.41) is 3.12. The Morgan fingerprint density at radius 1 is 1.33 bits per heavy atom. The molecule has 0 aliphatic carbocycles. The third kappa shape index (κ3) is 6.09. The maximum absolute atomic E-state index is 13.0. The minimum absolute atomic E-state index is 0.0739. The van der Waals surface area contributed by atoms with Gasteiger partial charge >= 0.3 is 6.18 Å². The van der Waals surface area contributed by atoms with Gasteiger partial charge in [-0.15, -0.1) is 12.3 Å². The van der Waals surface area contributed by atoms with E-state index in [4.69, 9.17) is 11.2 Å². The van der Waals surface area contributed by atoms with Crippen LogP contribution in [0.5, 0.6) is 5.75 Å².